The Hall–Kier alpha value is -1.37. The number of fused-ring (bicyclic) bond motifs is 1. The zero-order valence-corrected chi connectivity index (χ0v) is 15.9. The van der Waals surface area contributed by atoms with Crippen molar-refractivity contribution in [2.75, 3.05) is 31.6 Å². The molecule has 2 aromatic heterocycles. The summed E-state index contributed by atoms with van der Waals surface area (Å²) in [5.41, 5.74) is 1.45. The predicted octanol–water partition coefficient (Wildman–Crippen LogP) is 4.25. The monoisotopic (exact) mass is 368 g/mol. The minimum absolute atomic E-state index is 0.261. The summed E-state index contributed by atoms with van der Waals surface area (Å²) in [6.45, 7) is 7.83. The van der Waals surface area contributed by atoms with Gasteiger partial charge < -0.3 is 19.8 Å². The van der Waals surface area contributed by atoms with Crippen molar-refractivity contribution in [2.24, 2.45) is 0 Å². The maximum Gasteiger partial charge on any atom is 0.225 e. The van der Waals surface area contributed by atoms with E-state index < -0.39 is 0 Å². The first-order valence-corrected chi connectivity index (χ1v) is 9.66. The summed E-state index contributed by atoms with van der Waals surface area (Å²) in [4.78, 5) is 8.33. The molecule has 4 rings (SSSR count). The largest absolute Gasteiger partial charge is 0.459 e. The standard InChI is InChI=1S/C12H14ClN3O.C4H9NO.C2H6/c13-12-15-9-6-7-17-10(9)11(16-12)14-8-4-2-1-3-5-8;1-3-6-4-2-5-1;1-2/h6-8H,1-5H2,(H,14,15,16);5H,1-4H2;1-2H3. The molecule has 1 saturated heterocycles. The Kier molecular flexibility index (Phi) is 9.00. The van der Waals surface area contributed by atoms with Crippen molar-refractivity contribution in [3.8, 4) is 0 Å². The fourth-order valence-electron chi connectivity index (χ4n) is 2.89. The number of ether oxygens (including phenoxy) is 1. The van der Waals surface area contributed by atoms with E-state index in [2.05, 4.69) is 20.6 Å². The number of nitrogens with zero attached hydrogens (tertiary/aromatic N) is 2. The molecule has 0 atom stereocenters. The third-order valence-corrected chi connectivity index (χ3v) is 4.24. The Morgan fingerprint density at radius 1 is 1.12 bits per heavy atom. The molecular formula is C18H29ClN4O2. The highest BCUT2D eigenvalue weighted by Gasteiger charge is 2.17. The van der Waals surface area contributed by atoms with Crippen LogP contribution in [0.5, 0.6) is 0 Å². The summed E-state index contributed by atoms with van der Waals surface area (Å²) >= 11 is 5.89. The first-order chi connectivity index (χ1) is 12.3. The smallest absolute Gasteiger partial charge is 0.225 e. The Morgan fingerprint density at radius 3 is 2.44 bits per heavy atom. The van der Waals surface area contributed by atoms with E-state index in [-0.39, 0.29) is 5.28 Å². The van der Waals surface area contributed by atoms with Crippen molar-refractivity contribution in [1.29, 1.82) is 0 Å². The Bertz CT molecular complexity index is 599. The van der Waals surface area contributed by atoms with Crippen molar-refractivity contribution >= 4 is 28.5 Å². The molecule has 1 saturated carbocycles. The van der Waals surface area contributed by atoms with Gasteiger partial charge in [0.2, 0.25) is 5.28 Å². The molecule has 3 heterocycles. The first kappa shape index (κ1) is 19.9. The van der Waals surface area contributed by atoms with Crippen LogP contribution in [-0.4, -0.2) is 42.3 Å². The maximum atomic E-state index is 5.89. The number of halogens is 1. The SMILES string of the molecule is C1COCCN1.CC.Clc1nc(NC2CCCCC2)c2occc2n1. The molecule has 0 spiro atoms. The molecule has 7 heteroatoms. The van der Waals surface area contributed by atoms with Crippen LogP contribution in [0, 0.1) is 0 Å². The zero-order chi connectivity index (χ0) is 17.9. The van der Waals surface area contributed by atoms with Gasteiger partial charge in [0.25, 0.3) is 0 Å². The topological polar surface area (TPSA) is 72.2 Å². The summed E-state index contributed by atoms with van der Waals surface area (Å²) in [6.07, 6.45) is 7.86. The van der Waals surface area contributed by atoms with Crippen LogP contribution in [0.3, 0.4) is 0 Å². The Labute approximate surface area is 154 Å². The second-order valence-electron chi connectivity index (χ2n) is 5.82. The fraction of sp³-hybridized carbons (Fsp3) is 0.667. The van der Waals surface area contributed by atoms with Gasteiger partial charge in [-0.3, -0.25) is 0 Å². The average Bonchev–Trinajstić information content (AvgIpc) is 3.15. The van der Waals surface area contributed by atoms with Crippen LogP contribution in [-0.2, 0) is 4.74 Å². The van der Waals surface area contributed by atoms with E-state index in [9.17, 15) is 0 Å². The highest BCUT2D eigenvalue weighted by Crippen LogP contribution is 2.26. The average molecular weight is 369 g/mol. The van der Waals surface area contributed by atoms with Crippen LogP contribution in [0.4, 0.5) is 5.82 Å². The van der Waals surface area contributed by atoms with Crippen molar-refractivity contribution in [1.82, 2.24) is 15.3 Å². The molecule has 0 aromatic carbocycles. The lowest BCUT2D eigenvalue weighted by atomic mass is 9.95. The van der Waals surface area contributed by atoms with Gasteiger partial charge in [-0.15, -0.1) is 0 Å². The third-order valence-electron chi connectivity index (χ3n) is 4.07. The normalized spacial score (nSPS) is 17.9. The third kappa shape index (κ3) is 6.45. The molecule has 140 valence electrons. The van der Waals surface area contributed by atoms with Gasteiger partial charge in [0.05, 0.1) is 19.5 Å². The van der Waals surface area contributed by atoms with Gasteiger partial charge in [-0.25, -0.2) is 4.98 Å². The van der Waals surface area contributed by atoms with Gasteiger partial charge in [-0.1, -0.05) is 33.1 Å². The number of furan rings is 1. The highest BCUT2D eigenvalue weighted by molar-refractivity contribution is 6.28. The first-order valence-electron chi connectivity index (χ1n) is 9.28. The van der Waals surface area contributed by atoms with Gasteiger partial charge in [0, 0.05) is 25.2 Å². The zero-order valence-electron chi connectivity index (χ0n) is 15.2. The molecule has 0 bridgehead atoms. The summed E-state index contributed by atoms with van der Waals surface area (Å²) in [5, 5.41) is 6.84. The van der Waals surface area contributed by atoms with E-state index in [0.29, 0.717) is 11.6 Å². The number of anilines is 1. The van der Waals surface area contributed by atoms with Crippen LogP contribution in [0.15, 0.2) is 16.7 Å². The lowest BCUT2D eigenvalue weighted by molar-refractivity contribution is 0.109. The molecule has 2 fully saturated rings. The molecule has 1 aliphatic heterocycles. The molecule has 0 amide bonds. The number of aromatic nitrogens is 2. The molecule has 1 aliphatic carbocycles. The molecular weight excluding hydrogens is 340 g/mol. The molecule has 2 N–H and O–H groups in total. The molecule has 0 unspecified atom stereocenters. The van der Waals surface area contributed by atoms with Crippen molar-refractivity contribution in [3.63, 3.8) is 0 Å². The molecule has 2 aliphatic rings. The van der Waals surface area contributed by atoms with Crippen LogP contribution in [0.1, 0.15) is 46.0 Å². The second kappa shape index (κ2) is 11.3. The number of rotatable bonds is 2. The Morgan fingerprint density at radius 2 is 1.84 bits per heavy atom. The number of hydrogen-bond acceptors (Lipinski definition) is 6. The maximum absolute atomic E-state index is 5.89. The van der Waals surface area contributed by atoms with Crippen LogP contribution in [0.25, 0.3) is 11.1 Å². The summed E-state index contributed by atoms with van der Waals surface area (Å²) in [6, 6.07) is 2.28. The number of morpholine rings is 1. The molecule has 6 nitrogen and oxygen atoms in total. The van der Waals surface area contributed by atoms with E-state index >= 15 is 0 Å². The Balaban J connectivity index is 0.000000237. The summed E-state index contributed by atoms with van der Waals surface area (Å²) in [7, 11) is 0. The van der Waals surface area contributed by atoms with Gasteiger partial charge in [-0.2, -0.15) is 4.98 Å². The quantitative estimate of drug-likeness (QED) is 0.772. The van der Waals surface area contributed by atoms with E-state index in [4.69, 9.17) is 20.8 Å². The summed E-state index contributed by atoms with van der Waals surface area (Å²) in [5.74, 6) is 0.719. The second-order valence-corrected chi connectivity index (χ2v) is 6.16. The van der Waals surface area contributed by atoms with E-state index in [0.717, 1.165) is 37.6 Å². The minimum atomic E-state index is 0.261. The van der Waals surface area contributed by atoms with Crippen molar-refractivity contribution in [2.45, 2.75) is 52.0 Å². The van der Waals surface area contributed by atoms with E-state index in [1.807, 2.05) is 13.8 Å². The molecule has 0 radical (unpaired) electrons. The van der Waals surface area contributed by atoms with E-state index in [1.165, 1.54) is 32.1 Å². The van der Waals surface area contributed by atoms with Crippen LogP contribution < -0.4 is 10.6 Å². The summed E-state index contributed by atoms with van der Waals surface area (Å²) < 4.78 is 10.4. The lowest BCUT2D eigenvalue weighted by Crippen LogP contribution is -2.30. The lowest BCUT2D eigenvalue weighted by Gasteiger charge is -2.23. The minimum Gasteiger partial charge on any atom is -0.459 e. The number of hydrogen-bond donors (Lipinski definition) is 2. The van der Waals surface area contributed by atoms with Crippen LogP contribution >= 0.6 is 11.6 Å². The molecule has 2 aromatic rings. The van der Waals surface area contributed by atoms with Crippen LogP contribution in [0.2, 0.25) is 5.28 Å². The van der Waals surface area contributed by atoms with Gasteiger partial charge in [0.1, 0.15) is 5.52 Å². The van der Waals surface area contributed by atoms with Gasteiger partial charge >= 0.3 is 0 Å². The van der Waals surface area contributed by atoms with Crippen molar-refractivity contribution in [3.05, 3.63) is 17.6 Å². The molecule has 25 heavy (non-hydrogen) atoms. The van der Waals surface area contributed by atoms with E-state index in [1.54, 1.807) is 12.3 Å². The van der Waals surface area contributed by atoms with Crippen molar-refractivity contribution < 1.29 is 9.15 Å². The number of nitrogens with one attached hydrogen (secondary N) is 2. The predicted molar refractivity (Wildman–Crippen MR) is 102 cm³/mol. The van der Waals surface area contributed by atoms with Gasteiger partial charge in [0.15, 0.2) is 11.4 Å². The van der Waals surface area contributed by atoms with Gasteiger partial charge in [-0.05, 0) is 24.4 Å². The fourth-order valence-corrected chi connectivity index (χ4v) is 3.06. The highest BCUT2D eigenvalue weighted by atomic mass is 35.5.